The Morgan fingerprint density at radius 3 is 3.08 bits per heavy atom. The van der Waals surface area contributed by atoms with Crippen LogP contribution in [0.5, 0.6) is 0 Å². The fraction of sp³-hybridized carbons (Fsp3) is 0.778. The molecule has 3 nitrogen and oxygen atoms in total. The molecule has 1 saturated carbocycles. The maximum Gasteiger partial charge on any atom is 0.137 e. The van der Waals surface area contributed by atoms with Gasteiger partial charge in [-0.1, -0.05) is 0 Å². The van der Waals surface area contributed by atoms with Crippen molar-refractivity contribution in [3.05, 3.63) is 0 Å². The van der Waals surface area contributed by atoms with Gasteiger partial charge in [-0.3, -0.25) is 9.69 Å². The molecular formula is C9H12N2O. The van der Waals surface area contributed by atoms with Crippen molar-refractivity contribution < 1.29 is 4.79 Å². The second kappa shape index (κ2) is 2.56. The van der Waals surface area contributed by atoms with Crippen LogP contribution < -0.4 is 0 Å². The van der Waals surface area contributed by atoms with Gasteiger partial charge in [0.2, 0.25) is 0 Å². The molecule has 0 N–H and O–H groups in total. The van der Waals surface area contributed by atoms with Crippen molar-refractivity contribution in [1.82, 2.24) is 4.90 Å². The highest BCUT2D eigenvalue weighted by atomic mass is 16.1. The van der Waals surface area contributed by atoms with Crippen LogP contribution in [0.4, 0.5) is 0 Å². The van der Waals surface area contributed by atoms with Crippen LogP contribution in [0.15, 0.2) is 0 Å². The van der Waals surface area contributed by atoms with Crippen molar-refractivity contribution in [2.45, 2.75) is 18.9 Å². The number of Topliss-reactive ketones (excluding diaryl/α,β-unsaturated/α-hetero) is 1. The van der Waals surface area contributed by atoms with Crippen molar-refractivity contribution in [1.29, 1.82) is 5.26 Å². The van der Waals surface area contributed by atoms with Crippen LogP contribution in [0.1, 0.15) is 12.8 Å². The SMILES string of the molecule is CN1C[C@H]2C(=O)CC[C@H]2[C@@H]1C#N. The summed E-state index contributed by atoms with van der Waals surface area (Å²) in [6, 6.07) is 2.27. The van der Waals surface area contributed by atoms with E-state index in [0.29, 0.717) is 18.1 Å². The molecule has 2 rings (SSSR count). The third kappa shape index (κ3) is 0.881. The zero-order chi connectivity index (χ0) is 8.72. The Labute approximate surface area is 72.0 Å². The molecule has 0 bridgehead atoms. The van der Waals surface area contributed by atoms with Crippen molar-refractivity contribution >= 4 is 5.78 Å². The van der Waals surface area contributed by atoms with E-state index in [1.165, 1.54) is 0 Å². The number of carbonyl (C=O) groups is 1. The average Bonchev–Trinajstić information content (AvgIpc) is 2.52. The first-order valence-electron chi connectivity index (χ1n) is 4.36. The van der Waals surface area contributed by atoms with Crippen LogP contribution in [0.3, 0.4) is 0 Å². The molecule has 0 spiro atoms. The van der Waals surface area contributed by atoms with E-state index in [2.05, 4.69) is 6.07 Å². The quantitative estimate of drug-likeness (QED) is 0.521. The molecule has 0 aromatic rings. The zero-order valence-electron chi connectivity index (χ0n) is 7.16. The Kier molecular flexibility index (Phi) is 1.66. The Hall–Kier alpha value is -0.880. The van der Waals surface area contributed by atoms with E-state index in [4.69, 9.17) is 5.26 Å². The topological polar surface area (TPSA) is 44.1 Å². The zero-order valence-corrected chi connectivity index (χ0v) is 7.16. The standard InChI is InChI=1S/C9H12N2O/c1-11-5-7-6(8(11)4-10)2-3-9(7)12/h6-8H,2-3,5H2,1H3/t6-,7-,8+/m1/s1. The normalized spacial score (nSPS) is 41.3. The molecule has 1 aliphatic carbocycles. The Balaban J connectivity index is 2.22. The Morgan fingerprint density at radius 1 is 1.67 bits per heavy atom. The number of nitriles is 1. The highest BCUT2D eigenvalue weighted by Crippen LogP contribution is 2.38. The van der Waals surface area contributed by atoms with Gasteiger partial charge in [0.05, 0.1) is 6.07 Å². The van der Waals surface area contributed by atoms with Crippen LogP contribution >= 0.6 is 0 Å². The fourth-order valence-corrected chi connectivity index (χ4v) is 2.49. The van der Waals surface area contributed by atoms with E-state index in [0.717, 1.165) is 13.0 Å². The lowest BCUT2D eigenvalue weighted by molar-refractivity contribution is -0.120. The molecule has 2 aliphatic rings. The van der Waals surface area contributed by atoms with Gasteiger partial charge in [0.25, 0.3) is 0 Å². The van der Waals surface area contributed by atoms with Crippen molar-refractivity contribution in [3.63, 3.8) is 0 Å². The molecule has 0 unspecified atom stereocenters. The molecule has 12 heavy (non-hydrogen) atoms. The summed E-state index contributed by atoms with van der Waals surface area (Å²) in [4.78, 5) is 13.3. The van der Waals surface area contributed by atoms with Gasteiger partial charge in [-0.15, -0.1) is 0 Å². The number of hydrogen-bond donors (Lipinski definition) is 0. The molecule has 0 aromatic heterocycles. The molecule has 3 heteroatoms. The van der Waals surface area contributed by atoms with E-state index in [1.54, 1.807) is 0 Å². The number of rotatable bonds is 0. The van der Waals surface area contributed by atoms with Crippen LogP contribution in [0.2, 0.25) is 0 Å². The molecule has 0 radical (unpaired) electrons. The number of ketones is 1. The molecule has 64 valence electrons. The summed E-state index contributed by atoms with van der Waals surface area (Å²) in [6.07, 6.45) is 1.62. The molecule has 1 heterocycles. The second-order valence-corrected chi connectivity index (χ2v) is 3.79. The van der Waals surface area contributed by atoms with Gasteiger partial charge < -0.3 is 0 Å². The van der Waals surface area contributed by atoms with Crippen molar-refractivity contribution in [3.8, 4) is 6.07 Å². The lowest BCUT2D eigenvalue weighted by Gasteiger charge is -2.15. The molecule has 1 aliphatic heterocycles. The molecule has 3 atom stereocenters. The molecular weight excluding hydrogens is 152 g/mol. The summed E-state index contributed by atoms with van der Waals surface area (Å²) in [7, 11) is 1.93. The van der Waals surface area contributed by atoms with Crippen molar-refractivity contribution in [2.75, 3.05) is 13.6 Å². The van der Waals surface area contributed by atoms with Crippen LogP contribution in [0.25, 0.3) is 0 Å². The molecule has 0 aromatic carbocycles. The second-order valence-electron chi connectivity index (χ2n) is 3.79. The van der Waals surface area contributed by atoms with E-state index in [1.807, 2.05) is 11.9 Å². The largest absolute Gasteiger partial charge is 0.299 e. The van der Waals surface area contributed by atoms with Gasteiger partial charge in [-0.25, -0.2) is 0 Å². The van der Waals surface area contributed by atoms with E-state index in [9.17, 15) is 4.79 Å². The van der Waals surface area contributed by atoms with Gasteiger partial charge in [-0.2, -0.15) is 5.26 Å². The highest BCUT2D eigenvalue weighted by Gasteiger charge is 2.47. The number of carbonyl (C=O) groups excluding carboxylic acids is 1. The molecule has 2 fully saturated rings. The maximum absolute atomic E-state index is 11.3. The third-order valence-electron chi connectivity index (χ3n) is 3.15. The lowest BCUT2D eigenvalue weighted by Crippen LogP contribution is -2.27. The van der Waals surface area contributed by atoms with Gasteiger partial charge in [0.1, 0.15) is 11.8 Å². The third-order valence-corrected chi connectivity index (χ3v) is 3.15. The van der Waals surface area contributed by atoms with Gasteiger partial charge in [-0.05, 0) is 19.4 Å². The predicted molar refractivity (Wildman–Crippen MR) is 43.3 cm³/mol. The first kappa shape index (κ1) is 7.75. The summed E-state index contributed by atoms with van der Waals surface area (Å²) in [5.41, 5.74) is 0. The summed E-state index contributed by atoms with van der Waals surface area (Å²) in [5.74, 6) is 0.858. The first-order chi connectivity index (χ1) is 5.74. The summed E-state index contributed by atoms with van der Waals surface area (Å²) in [5, 5.41) is 8.87. The van der Waals surface area contributed by atoms with Gasteiger partial charge >= 0.3 is 0 Å². The highest BCUT2D eigenvalue weighted by molar-refractivity contribution is 5.84. The lowest BCUT2D eigenvalue weighted by atomic mass is 9.94. The minimum Gasteiger partial charge on any atom is -0.299 e. The summed E-state index contributed by atoms with van der Waals surface area (Å²) in [6.45, 7) is 0.793. The smallest absolute Gasteiger partial charge is 0.137 e. The minimum absolute atomic E-state index is 0.0125. The molecule has 0 amide bonds. The number of likely N-dealkylation sites (tertiary alicyclic amines) is 1. The van der Waals surface area contributed by atoms with E-state index >= 15 is 0 Å². The predicted octanol–water partition coefficient (Wildman–Crippen LogP) is 0.419. The fourth-order valence-electron chi connectivity index (χ4n) is 2.49. The van der Waals surface area contributed by atoms with Crippen LogP contribution in [-0.4, -0.2) is 30.3 Å². The Bertz CT molecular complexity index is 256. The Morgan fingerprint density at radius 2 is 2.42 bits per heavy atom. The van der Waals surface area contributed by atoms with E-state index < -0.39 is 0 Å². The van der Waals surface area contributed by atoms with Crippen LogP contribution in [-0.2, 0) is 4.79 Å². The number of fused-ring (bicyclic) bond motifs is 1. The number of nitrogens with zero attached hydrogens (tertiary/aromatic N) is 2. The summed E-state index contributed by atoms with van der Waals surface area (Å²) < 4.78 is 0. The number of hydrogen-bond acceptors (Lipinski definition) is 3. The first-order valence-corrected chi connectivity index (χ1v) is 4.36. The summed E-state index contributed by atoms with van der Waals surface area (Å²) >= 11 is 0. The van der Waals surface area contributed by atoms with Crippen molar-refractivity contribution in [2.24, 2.45) is 11.8 Å². The van der Waals surface area contributed by atoms with Gasteiger partial charge in [0, 0.05) is 18.9 Å². The minimum atomic E-state index is -0.0125. The maximum atomic E-state index is 11.3. The van der Waals surface area contributed by atoms with Gasteiger partial charge in [0.15, 0.2) is 0 Å². The average molecular weight is 164 g/mol. The van der Waals surface area contributed by atoms with E-state index in [-0.39, 0.29) is 12.0 Å². The van der Waals surface area contributed by atoms with Crippen LogP contribution in [0, 0.1) is 23.2 Å². The molecule has 1 saturated heterocycles. The monoisotopic (exact) mass is 164 g/mol.